The molecule has 0 spiro atoms. The molecule has 0 aromatic rings. The number of rotatable bonds is 13. The van der Waals surface area contributed by atoms with E-state index in [2.05, 4.69) is 5.11 Å². The summed E-state index contributed by atoms with van der Waals surface area (Å²) in [7, 11) is 1.05. The van der Waals surface area contributed by atoms with E-state index < -0.39 is 156 Å². The summed E-state index contributed by atoms with van der Waals surface area (Å²) in [6.45, 7) is -4.09. The van der Waals surface area contributed by atoms with E-state index in [9.17, 15) is 71.6 Å². The van der Waals surface area contributed by atoms with Crippen LogP contribution in [0.4, 0.5) is 0 Å². The van der Waals surface area contributed by atoms with Crippen LogP contribution in [0.2, 0.25) is 0 Å². The van der Waals surface area contributed by atoms with Crippen LogP contribution in [0.15, 0.2) is 5.11 Å². The van der Waals surface area contributed by atoms with E-state index in [1.54, 1.807) is 0 Å². The van der Waals surface area contributed by atoms with Crippen LogP contribution in [0.1, 0.15) is 0 Å². The first-order valence-electron chi connectivity index (χ1n) is 15.5. The van der Waals surface area contributed by atoms with Gasteiger partial charge in [-0.3, -0.25) is 0 Å². The number of hydrogen-bond acceptors (Lipinski definition) is 23. The second kappa shape index (κ2) is 18.1. The van der Waals surface area contributed by atoms with Crippen molar-refractivity contribution in [1.82, 2.24) is 0 Å². The van der Waals surface area contributed by atoms with Crippen LogP contribution in [0.3, 0.4) is 0 Å². The quantitative estimate of drug-likeness (QED) is 0.0474. The molecular weight excluding hydrogens is 692 g/mol. The van der Waals surface area contributed by atoms with E-state index >= 15 is 0 Å². The Hall–Kier alpha value is -1.44. The fourth-order valence-electron chi connectivity index (χ4n) is 5.84. The highest BCUT2D eigenvalue weighted by Gasteiger charge is 2.55. The van der Waals surface area contributed by atoms with Gasteiger partial charge in [0.15, 0.2) is 32.2 Å². The minimum absolute atomic E-state index is 0.161. The lowest BCUT2D eigenvalue weighted by Gasteiger charge is -2.49. The lowest BCUT2D eigenvalue weighted by Crippen LogP contribution is -2.67. The van der Waals surface area contributed by atoms with Gasteiger partial charge in [-0.05, 0) is 5.11 Å². The molecule has 0 unspecified atom stereocenters. The molecule has 4 aliphatic heterocycles. The summed E-state index contributed by atoms with van der Waals surface area (Å²) in [5, 5.41) is 150. The van der Waals surface area contributed by atoms with Gasteiger partial charge < -0.3 is 109 Å². The first-order chi connectivity index (χ1) is 23.7. The molecule has 13 N–H and O–H groups in total. The molecule has 0 amide bonds. The molecule has 292 valence electrons. The molecule has 24 heteroatoms. The fraction of sp³-hybridized carbons (Fsp3) is 1.00. The molecule has 4 fully saturated rings. The van der Waals surface area contributed by atoms with Gasteiger partial charge in [0.05, 0.1) is 26.4 Å². The monoisotopic (exact) mass is 738 g/mol. The van der Waals surface area contributed by atoms with Crippen molar-refractivity contribution in [2.75, 3.05) is 40.2 Å². The molecule has 4 aliphatic rings. The van der Waals surface area contributed by atoms with E-state index in [0.717, 1.165) is 7.05 Å². The summed E-state index contributed by atoms with van der Waals surface area (Å²) < 4.78 is 43.5. The fourth-order valence-corrected chi connectivity index (χ4v) is 5.84. The molecule has 0 bridgehead atoms. The molecule has 20 atom stereocenters. The van der Waals surface area contributed by atoms with Crippen molar-refractivity contribution in [1.29, 1.82) is 0 Å². The molecule has 0 saturated carbocycles. The molecule has 0 aromatic heterocycles. The van der Waals surface area contributed by atoms with Crippen molar-refractivity contribution in [3.63, 3.8) is 0 Å². The van der Waals surface area contributed by atoms with Gasteiger partial charge in [-0.2, -0.15) is 0 Å². The number of aliphatic hydroxyl groups is 13. The summed E-state index contributed by atoms with van der Waals surface area (Å²) >= 11 is 0. The average Bonchev–Trinajstić information content (AvgIpc) is 3.09. The molecule has 50 heavy (non-hydrogen) atoms. The Kier molecular flexibility index (Phi) is 14.9. The summed E-state index contributed by atoms with van der Waals surface area (Å²) in [5.41, 5.74) is 0. The Labute approximate surface area is 282 Å². The Morgan fingerprint density at radius 1 is 0.480 bits per heavy atom. The third-order valence-corrected chi connectivity index (χ3v) is 8.68. The number of hydrogen-bond donors (Lipinski definition) is 13. The normalized spacial score (nSPS) is 49.2. The van der Waals surface area contributed by atoms with Crippen LogP contribution in [-0.4, -0.2) is 234 Å². The van der Waals surface area contributed by atoms with Crippen molar-refractivity contribution >= 4 is 0 Å². The lowest BCUT2D eigenvalue weighted by atomic mass is 9.95. The van der Waals surface area contributed by atoms with Crippen LogP contribution in [0, 0.1) is 5.21 Å². The Morgan fingerprint density at radius 3 is 1.16 bits per heavy atom. The summed E-state index contributed by atoms with van der Waals surface area (Å²) in [4.78, 5) is 0.161. The topological polar surface area (TPSA) is 375 Å². The smallest absolute Gasteiger partial charge is 0.203 e. The number of aliphatic hydroxyl groups excluding tert-OH is 13. The zero-order valence-corrected chi connectivity index (χ0v) is 26.5. The van der Waals surface area contributed by atoms with E-state index in [4.69, 9.17) is 37.9 Å². The van der Waals surface area contributed by atoms with Gasteiger partial charge in [0.1, 0.15) is 97.7 Å². The van der Waals surface area contributed by atoms with Crippen LogP contribution in [0.5, 0.6) is 0 Å². The third-order valence-electron chi connectivity index (χ3n) is 8.68. The molecule has 24 nitrogen and oxygen atoms in total. The molecule has 0 radical (unpaired) electrons. The Balaban J connectivity index is 1.53. The molecule has 0 aromatic carbocycles. The molecule has 0 aliphatic carbocycles. The van der Waals surface area contributed by atoms with E-state index in [1.807, 2.05) is 0 Å². The van der Waals surface area contributed by atoms with Gasteiger partial charge in [0.2, 0.25) is 6.73 Å². The van der Waals surface area contributed by atoms with Crippen molar-refractivity contribution < 1.29 is 109 Å². The third kappa shape index (κ3) is 8.84. The van der Waals surface area contributed by atoms with E-state index in [-0.39, 0.29) is 4.86 Å². The maximum absolute atomic E-state index is 11.2. The van der Waals surface area contributed by atoms with Crippen molar-refractivity contribution in [3.05, 3.63) is 5.21 Å². The first-order valence-corrected chi connectivity index (χ1v) is 15.5. The molecule has 4 rings (SSSR count). The molecule has 4 heterocycles. The van der Waals surface area contributed by atoms with Crippen molar-refractivity contribution in [3.8, 4) is 0 Å². The number of hydroxylamine groups is 1. The lowest BCUT2D eigenvalue weighted by molar-refractivity contribution is -0.505. The number of nitrogens with zero attached hydrogens (tertiary/aromatic N) is 2. The second-order valence-corrected chi connectivity index (χ2v) is 12.0. The average molecular weight is 739 g/mol. The van der Waals surface area contributed by atoms with Crippen molar-refractivity contribution in [2.24, 2.45) is 5.11 Å². The highest BCUT2D eigenvalue weighted by Crippen LogP contribution is 2.34. The second-order valence-electron chi connectivity index (χ2n) is 12.0. The first kappa shape index (κ1) is 41.3. The largest absolute Gasteiger partial charge is 0.600 e. The maximum atomic E-state index is 11.2. The van der Waals surface area contributed by atoms with Crippen LogP contribution >= 0.6 is 0 Å². The summed E-state index contributed by atoms with van der Waals surface area (Å²) in [6, 6.07) is 0. The van der Waals surface area contributed by atoms with Crippen LogP contribution in [-0.2, 0) is 37.9 Å². The molecular formula is C26H46N2O22. The standard InChI is InChI=1S/C26H46N2O22/c1-28(42)27-6-43-23-17(39)20(12(34)8(3-30)44-23)49-25-19(41)22(14(36)10(5-32)46-25)50-26-18(40)21(13(35)9(4-31)47-26)48-24-16(38)15(37)11(33)7(2-29)45-24/h7-26,29-41H,2-6H2,1H3/t7-,8-,9-,10-,11-,12-,13-,14-,15+,16-,17-,18-,19-,20+,21+,22+,23+,24+,25+,26+/m1/s1. The van der Waals surface area contributed by atoms with Gasteiger partial charge >= 0.3 is 0 Å². The van der Waals surface area contributed by atoms with Gasteiger partial charge in [-0.15, -0.1) is 0 Å². The number of ether oxygens (including phenoxy) is 8. The zero-order valence-electron chi connectivity index (χ0n) is 26.5. The SMILES string of the molecule is C[N+]([O-])=NCO[C@H]1O[C@H](CO)[C@@H](O)[C@H](O[C@@H]2O[C@H](CO)[C@@H](O)[C@H](O[C@@H]3O[C@H](CO)[C@@H](O)[C@H](O[C@@H]4O[C@H](CO)[C@@H](O)[C@H](O)[C@H]4O)[C@H]3O)[C@H]2O)[C@H]1O. The number of azo groups is 1. The Morgan fingerprint density at radius 2 is 0.800 bits per heavy atom. The summed E-state index contributed by atoms with van der Waals surface area (Å²) in [6.07, 6.45) is -36.1. The van der Waals surface area contributed by atoms with E-state index in [1.165, 1.54) is 0 Å². The van der Waals surface area contributed by atoms with Crippen LogP contribution in [0.25, 0.3) is 0 Å². The highest BCUT2D eigenvalue weighted by molar-refractivity contribution is 4.98. The summed E-state index contributed by atoms with van der Waals surface area (Å²) in [5.74, 6) is 0. The minimum Gasteiger partial charge on any atom is -0.600 e. The van der Waals surface area contributed by atoms with Crippen LogP contribution < -0.4 is 0 Å². The minimum atomic E-state index is -2.08. The van der Waals surface area contributed by atoms with Gasteiger partial charge in [-0.1, -0.05) is 4.86 Å². The van der Waals surface area contributed by atoms with Gasteiger partial charge in [-0.25, -0.2) is 0 Å². The van der Waals surface area contributed by atoms with Gasteiger partial charge in [0.25, 0.3) is 0 Å². The Bertz CT molecular complexity index is 1070. The van der Waals surface area contributed by atoms with Crippen molar-refractivity contribution in [2.45, 2.75) is 123 Å². The predicted octanol–water partition coefficient (Wildman–Crippen LogP) is -9.17. The van der Waals surface area contributed by atoms with E-state index in [0.29, 0.717) is 0 Å². The predicted molar refractivity (Wildman–Crippen MR) is 150 cm³/mol. The molecule has 4 saturated heterocycles. The highest BCUT2D eigenvalue weighted by atomic mass is 16.8. The maximum Gasteiger partial charge on any atom is 0.203 e. The zero-order chi connectivity index (χ0) is 37.0. The van der Waals surface area contributed by atoms with Gasteiger partial charge in [0, 0.05) is 0 Å².